The van der Waals surface area contributed by atoms with Gasteiger partial charge in [-0.15, -0.1) is 0 Å². The van der Waals surface area contributed by atoms with E-state index in [0.717, 1.165) is 34.5 Å². The smallest absolute Gasteiger partial charge is 0.487 e. The maximum atomic E-state index is 11.0. The number of rotatable bonds is 8. The first-order valence-corrected chi connectivity index (χ1v) is 15.9. The van der Waals surface area contributed by atoms with Crippen molar-refractivity contribution in [3.63, 3.8) is 0 Å². The van der Waals surface area contributed by atoms with Gasteiger partial charge >= 0.3 is 18.1 Å². The van der Waals surface area contributed by atoms with Crippen LogP contribution < -0.4 is 10.1 Å². The van der Waals surface area contributed by atoms with Gasteiger partial charge in [-0.2, -0.15) is 18.3 Å². The number of hydrogen-bond acceptors (Lipinski definition) is 5. The summed E-state index contributed by atoms with van der Waals surface area (Å²) in [6, 6.07) is 18.7. The summed E-state index contributed by atoms with van der Waals surface area (Å²) in [5, 5.41) is 17.7. The highest BCUT2D eigenvalue weighted by Gasteiger charge is 2.40. The maximum absolute atomic E-state index is 11.0. The lowest BCUT2D eigenvalue weighted by molar-refractivity contribution is -0.539. The van der Waals surface area contributed by atoms with Gasteiger partial charge in [0.2, 0.25) is 0 Å². The zero-order chi connectivity index (χ0) is 36.5. The Morgan fingerprint density at radius 1 is 1.04 bits per heavy atom. The van der Waals surface area contributed by atoms with Crippen LogP contribution >= 0.6 is 23.2 Å². The molecule has 2 aromatic heterocycles. The number of halogens is 5. The lowest BCUT2D eigenvalue weighted by Crippen LogP contribution is -2.73. The standard InChI is InChI=1S/C21H23Cl2N3O.C11H11NO2.C3H3F3O2/c1-13(2)16-11-25-26(21-17(22)6-5-7-18(21)23)20(16)12-27-15-8-9-19(24-4)14(3)10-15;1-2-12-6-5-8-3-4-9(11(13)14)7-10(8)12;1-8-2(7)3(4,5)6/h5-11,13,24H,12H2,1-4H3;3-7H,2H2,1H3,(H,13,14);1H3/p+1. The van der Waals surface area contributed by atoms with Gasteiger partial charge in [0.15, 0.2) is 0 Å². The summed E-state index contributed by atoms with van der Waals surface area (Å²) in [5.74, 6) is -1.92. The number of carbonyl (C=O) groups is 2. The molecule has 5 rings (SSSR count). The zero-order valence-electron chi connectivity index (χ0n) is 27.8. The van der Waals surface area contributed by atoms with Gasteiger partial charge in [-0.1, -0.05) is 49.2 Å². The average molecular weight is 723 g/mol. The molecule has 49 heavy (non-hydrogen) atoms. The van der Waals surface area contributed by atoms with Gasteiger partial charge < -0.3 is 24.5 Å². The van der Waals surface area contributed by atoms with E-state index in [1.165, 1.54) is 11.3 Å². The van der Waals surface area contributed by atoms with Crippen LogP contribution in [0.5, 0.6) is 5.75 Å². The molecule has 0 bridgehead atoms. The number of hydrogen-bond donors (Lipinski definition) is 2. The Morgan fingerprint density at radius 2 is 1.71 bits per heavy atom. The number of esters is 1. The summed E-state index contributed by atoms with van der Waals surface area (Å²) in [7, 11) is 2.71. The molecular weight excluding hydrogens is 684 g/mol. The molecule has 5 aromatic rings. The van der Waals surface area contributed by atoms with Crippen molar-refractivity contribution < 1.29 is 42.7 Å². The fourth-order valence-electron chi connectivity index (χ4n) is 4.82. The zero-order valence-corrected chi connectivity index (χ0v) is 29.3. The molecule has 0 saturated carbocycles. The Morgan fingerprint density at radius 3 is 2.22 bits per heavy atom. The number of fused-ring (bicyclic) bond motifs is 1. The van der Waals surface area contributed by atoms with E-state index in [1.54, 1.807) is 16.8 Å². The number of methoxy groups -OCH3 is 1. The number of ether oxygens (including phenoxy) is 2. The number of nitrogens with zero attached hydrogens (tertiary/aromatic N) is 3. The minimum Gasteiger partial charge on any atom is -0.487 e. The summed E-state index contributed by atoms with van der Waals surface area (Å²) in [5.41, 5.74) is 6.45. The topological polar surface area (TPSA) is 112 Å². The molecule has 9 nitrogen and oxygen atoms in total. The molecule has 14 heteroatoms. The average Bonchev–Trinajstić information content (AvgIpc) is 3.67. The van der Waals surface area contributed by atoms with E-state index in [0.29, 0.717) is 40.9 Å². The molecule has 3 aromatic carbocycles. The van der Waals surface area contributed by atoms with Crippen LogP contribution in [0, 0.1) is 6.92 Å². The molecule has 0 spiro atoms. The quantitative estimate of drug-likeness (QED) is 0.124. The minimum absolute atomic E-state index is 0.303. The largest absolute Gasteiger partial charge is 0.490 e. The third kappa shape index (κ3) is 10.0. The third-order valence-corrected chi connectivity index (χ3v) is 7.99. The second-order valence-corrected chi connectivity index (χ2v) is 11.8. The van der Waals surface area contributed by atoms with E-state index in [2.05, 4.69) is 42.0 Å². The fraction of sp³-hybridized carbons (Fsp3) is 0.286. The molecule has 2 heterocycles. The number of benzene rings is 3. The normalized spacial score (nSPS) is 11.0. The van der Waals surface area contributed by atoms with Crippen LogP contribution in [0.3, 0.4) is 0 Å². The number of aryl methyl sites for hydroxylation is 2. The molecule has 0 atom stereocenters. The highest BCUT2D eigenvalue weighted by atomic mass is 35.5. The van der Waals surface area contributed by atoms with Gasteiger partial charge in [-0.3, -0.25) is 0 Å². The first-order chi connectivity index (χ1) is 23.1. The Hall–Kier alpha value is -4.52. The van der Waals surface area contributed by atoms with Crippen LogP contribution in [0.15, 0.2) is 73.1 Å². The molecule has 0 unspecified atom stereocenters. The Bertz CT molecular complexity index is 1880. The molecule has 0 amide bonds. The van der Waals surface area contributed by atoms with Crippen molar-refractivity contribution in [2.24, 2.45) is 0 Å². The Balaban J connectivity index is 0.000000244. The van der Waals surface area contributed by atoms with Crippen LogP contribution in [0.4, 0.5) is 18.9 Å². The summed E-state index contributed by atoms with van der Waals surface area (Å²) in [4.78, 5) is 20.2. The van der Waals surface area contributed by atoms with E-state index in [1.807, 2.05) is 73.4 Å². The number of alkyl halides is 3. The number of carboxylic acids is 1. The van der Waals surface area contributed by atoms with Crippen molar-refractivity contribution in [1.82, 2.24) is 14.3 Å². The van der Waals surface area contributed by atoms with Crippen LogP contribution in [0.25, 0.3) is 16.6 Å². The highest BCUT2D eigenvalue weighted by Crippen LogP contribution is 2.32. The van der Waals surface area contributed by atoms with Crippen molar-refractivity contribution in [3.05, 3.63) is 105 Å². The van der Waals surface area contributed by atoms with Gasteiger partial charge in [-0.05, 0) is 73.2 Å². The molecule has 0 fully saturated rings. The molecule has 0 aliphatic carbocycles. The first-order valence-electron chi connectivity index (χ1n) is 15.1. The number of carbonyl (C=O) groups excluding carboxylic acids is 1. The van der Waals surface area contributed by atoms with E-state index < -0.39 is 18.1 Å². The number of carboxylic acid groups (broad SMARTS) is 1. The lowest BCUT2D eigenvalue weighted by Gasteiger charge is -2.15. The van der Waals surface area contributed by atoms with Gasteiger partial charge in [-0.25, -0.2) is 14.3 Å². The number of para-hydroxylation sites is 1. The molecule has 3 N–H and O–H groups in total. The molecule has 0 aliphatic heterocycles. The van der Waals surface area contributed by atoms with Crippen molar-refractivity contribution >= 4 is 51.7 Å². The fourth-order valence-corrected chi connectivity index (χ4v) is 5.38. The molecule has 0 radical (unpaired) electrons. The van der Waals surface area contributed by atoms with Crippen LogP contribution in [0.2, 0.25) is 10.0 Å². The monoisotopic (exact) mass is 721 g/mol. The summed E-state index contributed by atoms with van der Waals surface area (Å²) in [6.07, 6.45) is -1.02. The Kier molecular flexibility index (Phi) is 13.7. The number of aromatic carboxylic acids is 1. The van der Waals surface area contributed by atoms with E-state index in [4.69, 9.17) is 33.0 Å². The summed E-state index contributed by atoms with van der Waals surface area (Å²) in [6.45, 7) is 9.61. The predicted octanol–water partition coefficient (Wildman–Crippen LogP) is 8.10. The van der Waals surface area contributed by atoms with Crippen molar-refractivity contribution in [3.8, 4) is 11.4 Å². The summed E-state index contributed by atoms with van der Waals surface area (Å²) < 4.78 is 46.2. The van der Waals surface area contributed by atoms with Gasteiger partial charge in [0.05, 0.1) is 41.7 Å². The molecule has 0 saturated heterocycles. The Labute approximate surface area is 292 Å². The van der Waals surface area contributed by atoms with Crippen molar-refractivity contribution in [2.75, 3.05) is 14.2 Å². The highest BCUT2D eigenvalue weighted by molar-refractivity contribution is 6.37. The van der Waals surface area contributed by atoms with Gasteiger partial charge in [0, 0.05) is 29.9 Å². The van der Waals surface area contributed by atoms with Crippen molar-refractivity contribution in [1.29, 1.82) is 0 Å². The number of nitrogens with two attached hydrogens (primary N) is 1. The maximum Gasteiger partial charge on any atom is 0.490 e. The number of quaternary nitrogens is 1. The van der Waals surface area contributed by atoms with Gasteiger partial charge in [0.25, 0.3) is 0 Å². The van der Waals surface area contributed by atoms with Gasteiger partial charge in [0.1, 0.15) is 23.7 Å². The lowest BCUT2D eigenvalue weighted by atomic mass is 10.0. The van der Waals surface area contributed by atoms with Crippen LogP contribution in [-0.2, 0) is 22.7 Å². The molecule has 0 aliphatic rings. The predicted molar refractivity (Wildman–Crippen MR) is 183 cm³/mol. The summed E-state index contributed by atoms with van der Waals surface area (Å²) >= 11 is 12.8. The van der Waals surface area contributed by atoms with E-state index >= 15 is 0 Å². The molecular formula is C35H38Cl2F3N4O5+. The SMILES string of the molecule is CCn1ccc2ccc(C(=O)O)cc21.COC(=O)C(F)(F)F.C[NH2+]c1ccc(OCc2c(C(C)C)cnn2-c2c(Cl)cccc2Cl)cc1C. The van der Waals surface area contributed by atoms with E-state index in [9.17, 15) is 22.8 Å². The van der Waals surface area contributed by atoms with Crippen molar-refractivity contribution in [2.45, 2.75) is 52.9 Å². The second kappa shape index (κ2) is 17.2. The third-order valence-electron chi connectivity index (χ3n) is 7.38. The van der Waals surface area contributed by atoms with Crippen LogP contribution in [-0.4, -0.2) is 51.7 Å². The van der Waals surface area contributed by atoms with Crippen LogP contribution in [0.1, 0.15) is 53.9 Å². The van der Waals surface area contributed by atoms with E-state index in [-0.39, 0.29) is 0 Å². The number of aromatic nitrogens is 3. The second-order valence-electron chi connectivity index (χ2n) is 10.9. The minimum atomic E-state index is -4.85. The first kappa shape index (κ1) is 38.9. The molecule has 262 valence electrons.